The first-order chi connectivity index (χ1) is 14.4. The number of rotatable bonds is 8. The third kappa shape index (κ3) is 4.53. The number of benzene rings is 1. The number of fused-ring (bicyclic) bond motifs is 1. The molecule has 1 amide bonds. The number of halogens is 1. The molecule has 30 heavy (non-hydrogen) atoms. The first-order valence-electron chi connectivity index (χ1n) is 10.1. The Balaban J connectivity index is 1.58. The van der Waals surface area contributed by atoms with E-state index in [1.807, 2.05) is 17.7 Å². The minimum Gasteiger partial charge on any atom is -0.465 e. The van der Waals surface area contributed by atoms with Gasteiger partial charge in [-0.2, -0.15) is 5.10 Å². The van der Waals surface area contributed by atoms with Crippen LogP contribution in [0.25, 0.3) is 10.2 Å². The van der Waals surface area contributed by atoms with Crippen LogP contribution in [0.4, 0.5) is 4.39 Å². The van der Waals surface area contributed by atoms with Gasteiger partial charge >= 0.3 is 5.97 Å². The van der Waals surface area contributed by atoms with Crippen molar-refractivity contribution in [1.29, 1.82) is 0 Å². The van der Waals surface area contributed by atoms with Gasteiger partial charge in [-0.1, -0.05) is 12.1 Å². The Bertz CT molecular complexity index is 1070. The SMILES string of the molecule is CCOC(=O)CN(CC1CC1)C(=O)c1cc2c(C)nn(Cc3ccc(F)cc3)c2s1. The molecule has 1 aliphatic carbocycles. The number of hydrogen-bond donors (Lipinski definition) is 0. The Labute approximate surface area is 178 Å². The molecule has 2 heterocycles. The lowest BCUT2D eigenvalue weighted by molar-refractivity contribution is -0.143. The molecule has 0 N–H and O–H groups in total. The first kappa shape index (κ1) is 20.5. The minimum atomic E-state index is -0.383. The molecule has 158 valence electrons. The molecule has 0 saturated heterocycles. The Hall–Kier alpha value is -2.74. The zero-order valence-corrected chi connectivity index (χ0v) is 17.9. The third-order valence-corrected chi connectivity index (χ3v) is 6.29. The van der Waals surface area contributed by atoms with Crippen LogP contribution in [0.2, 0.25) is 0 Å². The van der Waals surface area contributed by atoms with Crippen molar-refractivity contribution in [2.75, 3.05) is 19.7 Å². The largest absolute Gasteiger partial charge is 0.465 e. The number of aryl methyl sites for hydroxylation is 1. The van der Waals surface area contributed by atoms with E-state index < -0.39 is 0 Å². The van der Waals surface area contributed by atoms with Crippen LogP contribution < -0.4 is 0 Å². The van der Waals surface area contributed by atoms with Gasteiger partial charge in [0, 0.05) is 11.9 Å². The van der Waals surface area contributed by atoms with Gasteiger partial charge in [0.1, 0.15) is 17.2 Å². The number of thiophene rings is 1. The second-order valence-corrected chi connectivity index (χ2v) is 8.66. The molecule has 2 aromatic heterocycles. The standard InChI is InChI=1S/C22H24FN3O3S/c1-3-29-20(27)13-25(11-15-4-5-15)21(28)19-10-18-14(2)24-26(22(18)30-19)12-16-6-8-17(23)9-7-16/h6-10,15H,3-5,11-13H2,1-2H3. The summed E-state index contributed by atoms with van der Waals surface area (Å²) in [6, 6.07) is 8.18. The van der Waals surface area contributed by atoms with Gasteiger partial charge in [-0.05, 0) is 56.4 Å². The van der Waals surface area contributed by atoms with E-state index in [-0.39, 0.29) is 24.2 Å². The molecular weight excluding hydrogens is 405 g/mol. The molecule has 1 fully saturated rings. The monoisotopic (exact) mass is 429 g/mol. The summed E-state index contributed by atoms with van der Waals surface area (Å²) in [5, 5.41) is 5.50. The zero-order chi connectivity index (χ0) is 21.3. The molecule has 0 aliphatic heterocycles. The van der Waals surface area contributed by atoms with Crippen LogP contribution in [-0.2, 0) is 16.1 Å². The van der Waals surface area contributed by atoms with E-state index in [1.165, 1.54) is 23.5 Å². The molecule has 0 atom stereocenters. The fourth-order valence-corrected chi connectivity index (χ4v) is 4.57. The molecular formula is C22H24FN3O3S. The Morgan fingerprint density at radius 1 is 1.30 bits per heavy atom. The van der Waals surface area contributed by atoms with E-state index >= 15 is 0 Å². The third-order valence-electron chi connectivity index (χ3n) is 5.15. The van der Waals surface area contributed by atoms with Crippen molar-refractivity contribution in [3.05, 3.63) is 52.3 Å². The van der Waals surface area contributed by atoms with Crippen molar-refractivity contribution < 1.29 is 18.7 Å². The van der Waals surface area contributed by atoms with Crippen molar-refractivity contribution in [3.8, 4) is 0 Å². The highest BCUT2D eigenvalue weighted by Gasteiger charge is 2.30. The van der Waals surface area contributed by atoms with Gasteiger partial charge in [0.2, 0.25) is 0 Å². The quantitative estimate of drug-likeness (QED) is 0.508. The number of hydrogen-bond acceptors (Lipinski definition) is 5. The number of nitrogens with zero attached hydrogens (tertiary/aromatic N) is 3. The summed E-state index contributed by atoms with van der Waals surface area (Å²) in [6.45, 7) is 5.00. The molecule has 1 aromatic carbocycles. The summed E-state index contributed by atoms with van der Waals surface area (Å²) in [4.78, 5) is 28.3. The molecule has 0 spiro atoms. The van der Waals surface area contributed by atoms with E-state index in [0.717, 1.165) is 34.3 Å². The van der Waals surface area contributed by atoms with Crippen LogP contribution in [0.3, 0.4) is 0 Å². The maximum Gasteiger partial charge on any atom is 0.325 e. The molecule has 3 aromatic rings. The summed E-state index contributed by atoms with van der Waals surface area (Å²) in [7, 11) is 0. The second kappa shape index (κ2) is 8.55. The number of ether oxygens (including phenoxy) is 1. The van der Waals surface area contributed by atoms with Gasteiger partial charge in [-0.15, -0.1) is 11.3 Å². The van der Waals surface area contributed by atoms with Crippen LogP contribution in [0.15, 0.2) is 30.3 Å². The first-order valence-corrected chi connectivity index (χ1v) is 10.9. The molecule has 1 aliphatic rings. The number of aromatic nitrogens is 2. The van der Waals surface area contributed by atoms with Crippen LogP contribution in [0.5, 0.6) is 0 Å². The second-order valence-electron chi connectivity index (χ2n) is 7.63. The topological polar surface area (TPSA) is 64.4 Å². The maximum atomic E-state index is 13.2. The molecule has 0 radical (unpaired) electrons. The number of carbonyl (C=O) groups excluding carboxylic acids is 2. The maximum absolute atomic E-state index is 13.2. The average Bonchev–Trinajstić information content (AvgIpc) is 3.34. The van der Waals surface area contributed by atoms with E-state index in [9.17, 15) is 14.0 Å². The predicted octanol–water partition coefficient (Wildman–Crippen LogP) is 4.01. The van der Waals surface area contributed by atoms with Crippen molar-refractivity contribution in [2.24, 2.45) is 5.92 Å². The number of amides is 1. The molecule has 6 nitrogen and oxygen atoms in total. The molecule has 4 rings (SSSR count). The summed E-state index contributed by atoms with van der Waals surface area (Å²) in [5.74, 6) is -0.342. The minimum absolute atomic E-state index is 0.0297. The van der Waals surface area contributed by atoms with Crippen molar-refractivity contribution in [3.63, 3.8) is 0 Å². The fourth-order valence-electron chi connectivity index (χ4n) is 3.44. The van der Waals surface area contributed by atoms with Gasteiger partial charge < -0.3 is 9.64 Å². The summed E-state index contributed by atoms with van der Waals surface area (Å²) >= 11 is 1.37. The van der Waals surface area contributed by atoms with Gasteiger partial charge in [-0.3, -0.25) is 14.3 Å². The lowest BCUT2D eigenvalue weighted by Crippen LogP contribution is -2.37. The van der Waals surface area contributed by atoms with Gasteiger partial charge in [0.15, 0.2) is 0 Å². The highest BCUT2D eigenvalue weighted by Crippen LogP contribution is 2.33. The van der Waals surface area contributed by atoms with E-state index in [0.29, 0.717) is 30.5 Å². The zero-order valence-electron chi connectivity index (χ0n) is 17.1. The lowest BCUT2D eigenvalue weighted by atomic mass is 10.2. The van der Waals surface area contributed by atoms with Gasteiger partial charge in [0.25, 0.3) is 5.91 Å². The fraction of sp³-hybridized carbons (Fsp3) is 0.409. The predicted molar refractivity (Wildman–Crippen MR) is 113 cm³/mol. The lowest BCUT2D eigenvalue weighted by Gasteiger charge is -2.20. The smallest absolute Gasteiger partial charge is 0.325 e. The van der Waals surface area contributed by atoms with Crippen LogP contribution in [0.1, 0.15) is 40.7 Å². The highest BCUT2D eigenvalue weighted by atomic mass is 32.1. The normalized spacial score (nSPS) is 13.6. The van der Waals surface area contributed by atoms with Gasteiger partial charge in [-0.25, -0.2) is 4.39 Å². The number of esters is 1. The van der Waals surface area contributed by atoms with E-state index in [1.54, 1.807) is 24.0 Å². The molecule has 8 heteroatoms. The highest BCUT2D eigenvalue weighted by molar-refractivity contribution is 7.20. The summed E-state index contributed by atoms with van der Waals surface area (Å²) in [5.41, 5.74) is 1.77. The number of carbonyl (C=O) groups is 2. The van der Waals surface area contributed by atoms with Crippen molar-refractivity contribution in [2.45, 2.75) is 33.2 Å². The van der Waals surface area contributed by atoms with Crippen LogP contribution in [-0.4, -0.2) is 46.3 Å². The average molecular weight is 430 g/mol. The van der Waals surface area contributed by atoms with Crippen molar-refractivity contribution >= 4 is 33.4 Å². The van der Waals surface area contributed by atoms with E-state index in [4.69, 9.17) is 4.74 Å². The Morgan fingerprint density at radius 3 is 2.70 bits per heavy atom. The van der Waals surface area contributed by atoms with Crippen molar-refractivity contribution in [1.82, 2.24) is 14.7 Å². The molecule has 1 saturated carbocycles. The molecule has 0 bridgehead atoms. The summed E-state index contributed by atoms with van der Waals surface area (Å²) < 4.78 is 20.1. The molecule has 0 unspecified atom stereocenters. The Morgan fingerprint density at radius 2 is 2.03 bits per heavy atom. The van der Waals surface area contributed by atoms with Crippen LogP contribution in [0, 0.1) is 18.7 Å². The van der Waals surface area contributed by atoms with Crippen LogP contribution >= 0.6 is 11.3 Å². The Kier molecular flexibility index (Phi) is 5.85. The van der Waals surface area contributed by atoms with E-state index in [2.05, 4.69) is 5.10 Å². The van der Waals surface area contributed by atoms with Gasteiger partial charge in [0.05, 0.1) is 23.7 Å². The summed E-state index contributed by atoms with van der Waals surface area (Å²) in [6.07, 6.45) is 2.18.